The molecule has 0 aliphatic carbocycles. The normalized spacial score (nSPS) is 14.8. The van der Waals surface area contributed by atoms with Gasteiger partial charge in [-0.3, -0.25) is 0 Å². The summed E-state index contributed by atoms with van der Waals surface area (Å²) >= 11 is 2.28. The molecule has 0 radical (unpaired) electrons. The van der Waals surface area contributed by atoms with E-state index in [9.17, 15) is 5.11 Å². The highest BCUT2D eigenvalue weighted by atomic mass is 127. The lowest BCUT2D eigenvalue weighted by atomic mass is 10.1. The number of hydrogen-bond acceptors (Lipinski definition) is 4. The maximum Gasteiger partial charge on any atom is 0.123 e. The Hall–Kier alpha value is -1.47. The van der Waals surface area contributed by atoms with E-state index in [2.05, 4.69) is 57.1 Å². The predicted molar refractivity (Wildman–Crippen MR) is 102 cm³/mol. The van der Waals surface area contributed by atoms with Gasteiger partial charge in [-0.15, -0.1) is 0 Å². The summed E-state index contributed by atoms with van der Waals surface area (Å²) in [6, 6.07) is 12.4. The van der Waals surface area contributed by atoms with Gasteiger partial charge in [0.05, 0.1) is 13.2 Å². The molecule has 2 aromatic rings. The average Bonchev–Trinajstić information content (AvgIpc) is 2.58. The Morgan fingerprint density at radius 3 is 2.57 bits per heavy atom. The number of hydrogen-bond donors (Lipinski definition) is 2. The summed E-state index contributed by atoms with van der Waals surface area (Å²) in [6.07, 6.45) is 0. The van der Waals surface area contributed by atoms with Crippen LogP contribution in [0.2, 0.25) is 0 Å². The monoisotopic (exact) mass is 424 g/mol. The molecule has 2 N–H and O–H groups in total. The first-order chi connectivity index (χ1) is 11.1. The number of morpholine rings is 1. The number of benzene rings is 2. The Bertz CT molecular complexity index is 667. The number of aryl methyl sites for hydroxylation is 1. The van der Waals surface area contributed by atoms with Gasteiger partial charge in [-0.2, -0.15) is 0 Å². The van der Waals surface area contributed by atoms with E-state index >= 15 is 0 Å². The van der Waals surface area contributed by atoms with Crippen molar-refractivity contribution in [2.75, 3.05) is 36.5 Å². The highest BCUT2D eigenvalue weighted by molar-refractivity contribution is 14.1. The molecule has 122 valence electrons. The number of phenolic OH excluding ortho intramolecular Hbond substituents is 1. The van der Waals surface area contributed by atoms with Gasteiger partial charge in [0.1, 0.15) is 5.75 Å². The van der Waals surface area contributed by atoms with Gasteiger partial charge in [0.2, 0.25) is 0 Å². The molecule has 1 aliphatic heterocycles. The maximum atomic E-state index is 10.2. The Balaban J connectivity index is 1.65. The number of rotatable bonds is 4. The van der Waals surface area contributed by atoms with Gasteiger partial charge in [-0.25, -0.2) is 0 Å². The summed E-state index contributed by atoms with van der Waals surface area (Å²) < 4.78 is 6.52. The molecule has 4 nitrogen and oxygen atoms in total. The Morgan fingerprint density at radius 2 is 1.87 bits per heavy atom. The first kappa shape index (κ1) is 16.4. The molecular formula is C18H21IN2O2. The van der Waals surface area contributed by atoms with Crippen LogP contribution < -0.4 is 10.2 Å². The minimum absolute atomic E-state index is 0.378. The fourth-order valence-corrected chi connectivity index (χ4v) is 3.59. The molecule has 0 saturated carbocycles. The Kier molecular flexibility index (Phi) is 5.27. The molecule has 1 fully saturated rings. The van der Waals surface area contributed by atoms with Crippen molar-refractivity contribution < 1.29 is 9.84 Å². The van der Waals surface area contributed by atoms with Gasteiger partial charge < -0.3 is 20.1 Å². The lowest BCUT2D eigenvalue weighted by Crippen LogP contribution is -2.36. The van der Waals surface area contributed by atoms with E-state index in [-0.39, 0.29) is 0 Å². The molecule has 2 aromatic carbocycles. The van der Waals surface area contributed by atoms with Crippen molar-refractivity contribution in [1.29, 1.82) is 0 Å². The van der Waals surface area contributed by atoms with Crippen molar-refractivity contribution in [2.24, 2.45) is 0 Å². The van der Waals surface area contributed by atoms with Gasteiger partial charge in [0, 0.05) is 40.1 Å². The third-order valence-corrected chi connectivity index (χ3v) is 4.69. The van der Waals surface area contributed by atoms with Crippen LogP contribution in [-0.2, 0) is 11.3 Å². The van der Waals surface area contributed by atoms with E-state index in [1.165, 1.54) is 5.69 Å². The molecule has 3 rings (SSSR count). The number of halogens is 1. The topological polar surface area (TPSA) is 44.7 Å². The average molecular weight is 424 g/mol. The minimum atomic E-state index is 0.378. The van der Waals surface area contributed by atoms with Crippen LogP contribution >= 0.6 is 22.6 Å². The van der Waals surface area contributed by atoms with Gasteiger partial charge in [-0.05, 0) is 71.5 Å². The highest BCUT2D eigenvalue weighted by Gasteiger charge is 2.11. The van der Waals surface area contributed by atoms with Gasteiger partial charge in [0.25, 0.3) is 0 Å². The van der Waals surface area contributed by atoms with Gasteiger partial charge in [0.15, 0.2) is 0 Å². The molecule has 1 heterocycles. The smallest absolute Gasteiger partial charge is 0.123 e. The number of anilines is 2. The summed E-state index contributed by atoms with van der Waals surface area (Å²) in [4.78, 5) is 2.34. The van der Waals surface area contributed by atoms with Crippen LogP contribution in [0.3, 0.4) is 0 Å². The van der Waals surface area contributed by atoms with Crippen LogP contribution in [0.4, 0.5) is 11.4 Å². The third-order valence-electron chi connectivity index (χ3n) is 4.07. The van der Waals surface area contributed by atoms with Crippen molar-refractivity contribution in [3.63, 3.8) is 0 Å². The summed E-state index contributed by atoms with van der Waals surface area (Å²) in [5.41, 5.74) is 4.12. The summed E-state index contributed by atoms with van der Waals surface area (Å²) in [6.45, 7) is 6.03. The number of nitrogens with one attached hydrogen (secondary N) is 1. The van der Waals surface area contributed by atoms with E-state index in [4.69, 9.17) is 4.74 Å². The summed E-state index contributed by atoms with van der Waals surface area (Å²) in [7, 11) is 0. The fraction of sp³-hybridized carbons (Fsp3) is 0.333. The largest absolute Gasteiger partial charge is 0.507 e. The van der Waals surface area contributed by atoms with E-state index in [0.717, 1.165) is 46.7 Å². The van der Waals surface area contributed by atoms with Crippen LogP contribution in [0.25, 0.3) is 0 Å². The predicted octanol–water partition coefficient (Wildman–Crippen LogP) is 3.75. The second kappa shape index (κ2) is 7.40. The van der Waals surface area contributed by atoms with E-state index < -0.39 is 0 Å². The first-order valence-electron chi connectivity index (χ1n) is 7.78. The molecule has 0 atom stereocenters. The van der Waals surface area contributed by atoms with Crippen molar-refractivity contribution in [1.82, 2.24) is 0 Å². The quantitative estimate of drug-likeness (QED) is 0.734. The van der Waals surface area contributed by atoms with E-state index in [1.54, 1.807) is 0 Å². The third kappa shape index (κ3) is 4.09. The fourth-order valence-electron chi connectivity index (χ4n) is 2.75. The zero-order valence-corrected chi connectivity index (χ0v) is 15.3. The molecule has 23 heavy (non-hydrogen) atoms. The van der Waals surface area contributed by atoms with E-state index in [1.807, 2.05) is 19.1 Å². The van der Waals surface area contributed by atoms with Crippen LogP contribution in [0.5, 0.6) is 5.75 Å². The highest BCUT2D eigenvalue weighted by Crippen LogP contribution is 2.26. The molecule has 0 aromatic heterocycles. The van der Waals surface area contributed by atoms with Gasteiger partial charge in [-0.1, -0.05) is 0 Å². The molecule has 0 bridgehead atoms. The molecule has 1 aliphatic rings. The number of nitrogens with zero attached hydrogens (tertiary/aromatic N) is 1. The lowest BCUT2D eigenvalue weighted by Gasteiger charge is -2.29. The number of aromatic hydroxyl groups is 1. The van der Waals surface area contributed by atoms with Gasteiger partial charge >= 0.3 is 0 Å². The van der Waals surface area contributed by atoms with Crippen LogP contribution in [-0.4, -0.2) is 31.4 Å². The standard InChI is InChI=1S/C18H21IN2O2/c1-13-10-15(19)11-14(18(13)22)12-20-16-2-4-17(5-3-16)21-6-8-23-9-7-21/h2-5,10-11,20,22H,6-9,12H2,1H3. The van der Waals surface area contributed by atoms with Crippen molar-refractivity contribution in [2.45, 2.75) is 13.5 Å². The molecule has 0 unspecified atom stereocenters. The summed E-state index contributed by atoms with van der Waals surface area (Å²) in [5.74, 6) is 0.378. The maximum absolute atomic E-state index is 10.2. The molecule has 0 amide bonds. The number of ether oxygens (including phenoxy) is 1. The van der Waals surface area contributed by atoms with Crippen LogP contribution in [0.15, 0.2) is 36.4 Å². The summed E-state index contributed by atoms with van der Waals surface area (Å²) in [5, 5.41) is 13.5. The van der Waals surface area contributed by atoms with Crippen molar-refractivity contribution in [3.05, 3.63) is 51.1 Å². The van der Waals surface area contributed by atoms with Crippen LogP contribution in [0.1, 0.15) is 11.1 Å². The Morgan fingerprint density at radius 1 is 1.17 bits per heavy atom. The molecule has 5 heteroatoms. The van der Waals surface area contributed by atoms with Crippen molar-refractivity contribution in [3.8, 4) is 5.75 Å². The van der Waals surface area contributed by atoms with Crippen molar-refractivity contribution >= 4 is 34.0 Å². The minimum Gasteiger partial charge on any atom is -0.507 e. The molecule has 1 saturated heterocycles. The van der Waals surface area contributed by atoms with E-state index in [0.29, 0.717) is 12.3 Å². The van der Waals surface area contributed by atoms with Crippen LogP contribution in [0, 0.1) is 10.5 Å². The zero-order valence-electron chi connectivity index (χ0n) is 13.2. The number of phenols is 1. The molecular weight excluding hydrogens is 403 g/mol. The SMILES string of the molecule is Cc1cc(I)cc(CNc2ccc(N3CCOCC3)cc2)c1O. The molecule has 0 spiro atoms. The Labute approximate surface area is 150 Å². The first-order valence-corrected chi connectivity index (χ1v) is 8.86. The lowest BCUT2D eigenvalue weighted by molar-refractivity contribution is 0.122. The second-order valence-electron chi connectivity index (χ2n) is 5.73. The second-order valence-corrected chi connectivity index (χ2v) is 6.98. The zero-order chi connectivity index (χ0) is 16.2.